The Bertz CT molecular complexity index is 369. The van der Waals surface area contributed by atoms with Crippen molar-refractivity contribution >= 4 is 32.7 Å². The van der Waals surface area contributed by atoms with E-state index in [0.717, 1.165) is 15.4 Å². The summed E-state index contributed by atoms with van der Waals surface area (Å²) in [4.78, 5) is 0. The monoisotopic (exact) mass is 312 g/mol. The molecule has 0 radical (unpaired) electrons. The average Bonchev–Trinajstić information content (AvgIpc) is 2.02. The molecule has 0 bridgehead atoms. The van der Waals surface area contributed by atoms with Crippen molar-refractivity contribution < 1.29 is 12.6 Å². The summed E-state index contributed by atoms with van der Waals surface area (Å²) in [6.07, 6.45) is 1.04. The highest BCUT2D eigenvalue weighted by Crippen LogP contribution is 2.08. The fourth-order valence-electron chi connectivity index (χ4n) is 0.756. The maximum absolute atomic E-state index is 10.6. The van der Waals surface area contributed by atoms with Gasteiger partial charge in [0.2, 0.25) is 0 Å². The second-order valence-corrected chi connectivity index (χ2v) is 5.48. The third kappa shape index (κ3) is 4.58. The highest BCUT2D eigenvalue weighted by molar-refractivity contribution is 14.1. The number of hydrogen-bond acceptors (Lipinski definition) is 3. The number of hydrogen-bond donors (Lipinski definition) is 0. The lowest BCUT2D eigenvalue weighted by Gasteiger charge is -2.00. The van der Waals surface area contributed by atoms with Gasteiger partial charge in [-0.05, 0) is 40.3 Å². The second-order valence-electron chi connectivity index (χ2n) is 2.59. The molecule has 0 fully saturated rings. The summed E-state index contributed by atoms with van der Waals surface area (Å²) in [5, 5.41) is 0. The van der Waals surface area contributed by atoms with E-state index in [1.807, 2.05) is 24.3 Å². The summed E-state index contributed by atoms with van der Waals surface area (Å²) in [7, 11) is -3.33. The maximum atomic E-state index is 10.6. The molecular weight excluding hydrogens is 303 g/mol. The quantitative estimate of drug-likeness (QED) is 0.631. The first-order chi connectivity index (χ1) is 5.97. The predicted molar refractivity (Wildman–Crippen MR) is 58.8 cm³/mol. The van der Waals surface area contributed by atoms with Crippen LogP contribution in [0.4, 0.5) is 0 Å². The fourth-order valence-corrected chi connectivity index (χ4v) is 1.47. The van der Waals surface area contributed by atoms with Gasteiger partial charge in [-0.15, -0.1) is 0 Å². The van der Waals surface area contributed by atoms with Crippen LogP contribution in [0.1, 0.15) is 5.56 Å². The number of rotatable bonds is 3. The van der Waals surface area contributed by atoms with Gasteiger partial charge in [0.05, 0.1) is 12.9 Å². The van der Waals surface area contributed by atoms with Gasteiger partial charge in [0.1, 0.15) is 0 Å². The predicted octanol–water partition coefficient (Wildman–Crippen LogP) is 1.77. The Labute approximate surface area is 91.4 Å². The largest absolute Gasteiger partial charge is 0.265 e. The Hall–Kier alpha value is -0.140. The van der Waals surface area contributed by atoms with Crippen LogP contribution in [0.15, 0.2) is 24.3 Å². The first-order valence-corrected chi connectivity index (χ1v) is 6.46. The van der Waals surface area contributed by atoms with Crippen molar-refractivity contribution in [1.82, 2.24) is 0 Å². The minimum absolute atomic E-state index is 0.107. The van der Waals surface area contributed by atoms with E-state index in [1.54, 1.807) is 0 Å². The van der Waals surface area contributed by atoms with Crippen molar-refractivity contribution in [3.05, 3.63) is 33.4 Å². The summed E-state index contributed by atoms with van der Waals surface area (Å²) in [5.41, 5.74) is 0.853. The van der Waals surface area contributed by atoms with E-state index in [1.165, 1.54) is 0 Å². The van der Waals surface area contributed by atoms with Crippen molar-refractivity contribution in [3.63, 3.8) is 0 Å². The molecule has 13 heavy (non-hydrogen) atoms. The normalized spacial score (nSPS) is 11.5. The SMILES string of the molecule is CS(=O)(=O)OCc1ccc(I)cc1. The van der Waals surface area contributed by atoms with Gasteiger partial charge < -0.3 is 0 Å². The lowest BCUT2D eigenvalue weighted by molar-refractivity contribution is 0.311. The second kappa shape index (κ2) is 4.39. The molecule has 0 aliphatic carbocycles. The van der Waals surface area contributed by atoms with Crippen LogP contribution in [0.5, 0.6) is 0 Å². The molecule has 3 nitrogen and oxygen atoms in total. The van der Waals surface area contributed by atoms with Crippen LogP contribution < -0.4 is 0 Å². The van der Waals surface area contributed by atoms with Crippen molar-refractivity contribution in [2.75, 3.05) is 6.26 Å². The van der Waals surface area contributed by atoms with Gasteiger partial charge in [0.15, 0.2) is 0 Å². The molecule has 0 heterocycles. The lowest BCUT2D eigenvalue weighted by atomic mass is 10.2. The smallest absolute Gasteiger partial charge is 0.264 e. The van der Waals surface area contributed by atoms with Crippen LogP contribution in [0.2, 0.25) is 0 Å². The zero-order valence-electron chi connectivity index (χ0n) is 7.03. The van der Waals surface area contributed by atoms with Crippen molar-refractivity contribution in [2.45, 2.75) is 6.61 Å². The zero-order valence-corrected chi connectivity index (χ0v) is 10.0. The van der Waals surface area contributed by atoms with Gasteiger partial charge in [0, 0.05) is 3.57 Å². The first kappa shape index (κ1) is 10.9. The van der Waals surface area contributed by atoms with Crippen LogP contribution >= 0.6 is 22.6 Å². The highest BCUT2D eigenvalue weighted by atomic mass is 127. The third-order valence-corrected chi connectivity index (χ3v) is 2.62. The minimum atomic E-state index is -3.33. The Balaban J connectivity index is 2.61. The first-order valence-electron chi connectivity index (χ1n) is 3.56. The molecule has 0 aromatic heterocycles. The van der Waals surface area contributed by atoms with E-state index in [0.29, 0.717) is 0 Å². The van der Waals surface area contributed by atoms with E-state index < -0.39 is 10.1 Å². The molecule has 1 rings (SSSR count). The van der Waals surface area contributed by atoms with Gasteiger partial charge in [-0.3, -0.25) is 4.18 Å². The summed E-state index contributed by atoms with van der Waals surface area (Å²) in [5.74, 6) is 0. The molecule has 0 unspecified atom stereocenters. The standard InChI is InChI=1S/C8H9IO3S/c1-13(10,11)12-6-7-2-4-8(9)5-3-7/h2-5H,6H2,1H3. The maximum Gasteiger partial charge on any atom is 0.264 e. The van der Waals surface area contributed by atoms with E-state index >= 15 is 0 Å². The molecule has 1 aromatic rings. The highest BCUT2D eigenvalue weighted by Gasteiger charge is 2.01. The zero-order chi connectivity index (χ0) is 9.90. The Kier molecular flexibility index (Phi) is 3.69. The molecule has 1 aromatic carbocycles. The van der Waals surface area contributed by atoms with E-state index in [4.69, 9.17) is 0 Å². The van der Waals surface area contributed by atoms with Gasteiger partial charge in [0.25, 0.3) is 10.1 Å². The van der Waals surface area contributed by atoms with Gasteiger partial charge in [-0.25, -0.2) is 0 Å². The summed E-state index contributed by atoms with van der Waals surface area (Å²) in [6, 6.07) is 7.49. The van der Waals surface area contributed by atoms with Gasteiger partial charge in [-0.2, -0.15) is 8.42 Å². The molecule has 0 saturated heterocycles. The Morgan fingerprint density at radius 2 is 1.85 bits per heavy atom. The minimum Gasteiger partial charge on any atom is -0.265 e. The summed E-state index contributed by atoms with van der Waals surface area (Å²) < 4.78 is 27.0. The molecule has 0 aliphatic rings. The third-order valence-electron chi connectivity index (χ3n) is 1.35. The molecular formula is C8H9IO3S. The summed E-state index contributed by atoms with van der Waals surface area (Å²) in [6.45, 7) is 0.107. The topological polar surface area (TPSA) is 43.4 Å². The molecule has 0 aliphatic heterocycles. The fraction of sp³-hybridized carbons (Fsp3) is 0.250. The number of benzene rings is 1. The van der Waals surface area contributed by atoms with E-state index in [9.17, 15) is 8.42 Å². The molecule has 0 spiro atoms. The average molecular weight is 312 g/mol. The van der Waals surface area contributed by atoms with E-state index in [2.05, 4.69) is 26.8 Å². The summed E-state index contributed by atoms with van der Waals surface area (Å²) >= 11 is 2.18. The van der Waals surface area contributed by atoms with Crippen LogP contribution in [0.3, 0.4) is 0 Å². The molecule has 72 valence electrons. The van der Waals surface area contributed by atoms with Crippen LogP contribution in [-0.4, -0.2) is 14.7 Å². The molecule has 0 saturated carbocycles. The van der Waals surface area contributed by atoms with Crippen molar-refractivity contribution in [3.8, 4) is 0 Å². The van der Waals surface area contributed by atoms with Crippen LogP contribution in [-0.2, 0) is 20.9 Å². The molecule has 5 heteroatoms. The molecule has 0 atom stereocenters. The molecule has 0 N–H and O–H groups in total. The van der Waals surface area contributed by atoms with Crippen molar-refractivity contribution in [2.24, 2.45) is 0 Å². The van der Waals surface area contributed by atoms with Crippen LogP contribution in [0.25, 0.3) is 0 Å². The lowest BCUT2D eigenvalue weighted by Crippen LogP contribution is -2.02. The van der Waals surface area contributed by atoms with E-state index in [-0.39, 0.29) is 6.61 Å². The van der Waals surface area contributed by atoms with Crippen LogP contribution in [0, 0.1) is 3.57 Å². The number of halogens is 1. The Morgan fingerprint density at radius 1 is 1.31 bits per heavy atom. The Morgan fingerprint density at radius 3 is 2.31 bits per heavy atom. The van der Waals surface area contributed by atoms with Gasteiger partial charge in [-0.1, -0.05) is 12.1 Å². The van der Waals surface area contributed by atoms with Crippen molar-refractivity contribution in [1.29, 1.82) is 0 Å². The molecule has 0 amide bonds. The van der Waals surface area contributed by atoms with Gasteiger partial charge >= 0.3 is 0 Å².